The molecule has 4 heteroatoms. The van der Waals surface area contributed by atoms with Crippen molar-refractivity contribution >= 4 is 33.6 Å². The zero-order valence-corrected chi connectivity index (χ0v) is 11.4. The lowest BCUT2D eigenvalue weighted by Gasteiger charge is -2.41. The van der Waals surface area contributed by atoms with Gasteiger partial charge in [0.2, 0.25) is 5.91 Å². The molecule has 1 amide bonds. The number of rotatable bonds is 2. The van der Waals surface area contributed by atoms with Gasteiger partial charge in [0.1, 0.15) is 0 Å². The van der Waals surface area contributed by atoms with E-state index < -0.39 is 0 Å². The Hall–Kier alpha value is 0.300. The van der Waals surface area contributed by atoms with Crippen LogP contribution >= 0.6 is 27.7 Å². The van der Waals surface area contributed by atoms with Gasteiger partial charge in [-0.2, -0.15) is 11.8 Å². The summed E-state index contributed by atoms with van der Waals surface area (Å²) in [5.41, 5.74) is 0.201. The van der Waals surface area contributed by atoms with Gasteiger partial charge in [-0.3, -0.25) is 4.79 Å². The summed E-state index contributed by atoms with van der Waals surface area (Å²) in [6.45, 7) is 6.21. The van der Waals surface area contributed by atoms with Gasteiger partial charge < -0.3 is 4.90 Å². The minimum atomic E-state index is 0.201. The second-order valence-corrected chi connectivity index (χ2v) is 6.46. The van der Waals surface area contributed by atoms with Crippen molar-refractivity contribution in [3.8, 4) is 0 Å². The highest BCUT2D eigenvalue weighted by molar-refractivity contribution is 9.09. The molecule has 82 valence electrons. The predicted molar refractivity (Wildman–Crippen MR) is 66.1 cm³/mol. The molecule has 0 radical (unpaired) electrons. The van der Waals surface area contributed by atoms with E-state index in [9.17, 15) is 4.79 Å². The van der Waals surface area contributed by atoms with Gasteiger partial charge in [0, 0.05) is 17.9 Å². The number of hydrogen-bond acceptors (Lipinski definition) is 2. The SMILES string of the molecule is CSCC(=O)N1CCC(Br)C(C)(C)C1. The summed E-state index contributed by atoms with van der Waals surface area (Å²) in [6, 6.07) is 0. The van der Waals surface area contributed by atoms with E-state index in [1.54, 1.807) is 11.8 Å². The number of amides is 1. The minimum absolute atomic E-state index is 0.201. The predicted octanol–water partition coefficient (Wildman–Crippen LogP) is 2.37. The van der Waals surface area contributed by atoms with Crippen molar-refractivity contribution in [2.75, 3.05) is 25.1 Å². The lowest BCUT2D eigenvalue weighted by Crippen LogP contribution is -2.49. The van der Waals surface area contributed by atoms with Crippen LogP contribution in [-0.4, -0.2) is 40.7 Å². The van der Waals surface area contributed by atoms with E-state index >= 15 is 0 Å². The highest BCUT2D eigenvalue weighted by atomic mass is 79.9. The summed E-state index contributed by atoms with van der Waals surface area (Å²) in [6.07, 6.45) is 3.04. The van der Waals surface area contributed by atoms with Gasteiger partial charge in [-0.05, 0) is 18.1 Å². The fraction of sp³-hybridized carbons (Fsp3) is 0.900. The van der Waals surface area contributed by atoms with E-state index in [2.05, 4.69) is 29.8 Å². The van der Waals surface area contributed by atoms with E-state index in [4.69, 9.17) is 0 Å². The van der Waals surface area contributed by atoms with Crippen LogP contribution in [0.5, 0.6) is 0 Å². The van der Waals surface area contributed by atoms with E-state index in [1.807, 2.05) is 11.2 Å². The standard InChI is InChI=1S/C10H18BrNOS/c1-10(2)7-12(5-4-8(10)11)9(13)6-14-3/h8H,4-7H2,1-3H3. The zero-order chi connectivity index (χ0) is 10.8. The average Bonchev–Trinajstić information content (AvgIpc) is 2.10. The number of alkyl halides is 1. The number of hydrogen-bond donors (Lipinski definition) is 0. The van der Waals surface area contributed by atoms with Gasteiger partial charge in [0.15, 0.2) is 0 Å². The van der Waals surface area contributed by atoms with Crippen LogP contribution in [0.25, 0.3) is 0 Å². The third kappa shape index (κ3) is 2.89. The van der Waals surface area contributed by atoms with Crippen molar-refractivity contribution in [2.45, 2.75) is 25.1 Å². The normalized spacial score (nSPS) is 26.3. The maximum Gasteiger partial charge on any atom is 0.232 e. The Morgan fingerprint density at radius 3 is 2.79 bits per heavy atom. The summed E-state index contributed by atoms with van der Waals surface area (Å²) in [4.78, 5) is 14.2. The van der Waals surface area contributed by atoms with Crippen molar-refractivity contribution < 1.29 is 4.79 Å². The molecule has 0 bridgehead atoms. The van der Waals surface area contributed by atoms with Crippen molar-refractivity contribution in [1.82, 2.24) is 4.90 Å². The molecule has 1 aliphatic heterocycles. The number of carbonyl (C=O) groups excluding carboxylic acids is 1. The summed E-state index contributed by atoms with van der Waals surface area (Å²) >= 11 is 5.28. The fourth-order valence-electron chi connectivity index (χ4n) is 1.76. The van der Waals surface area contributed by atoms with E-state index in [0.717, 1.165) is 19.5 Å². The van der Waals surface area contributed by atoms with Gasteiger partial charge in [-0.1, -0.05) is 29.8 Å². The van der Waals surface area contributed by atoms with Crippen LogP contribution in [0, 0.1) is 5.41 Å². The molecule has 1 rings (SSSR count). The summed E-state index contributed by atoms with van der Waals surface area (Å²) in [7, 11) is 0. The Labute approximate surface area is 98.9 Å². The zero-order valence-electron chi connectivity index (χ0n) is 9.05. The molecule has 0 aromatic heterocycles. The maximum absolute atomic E-state index is 11.7. The molecular formula is C10H18BrNOS. The second-order valence-electron chi connectivity index (χ2n) is 4.49. The first kappa shape index (κ1) is 12.4. The third-order valence-corrected chi connectivity index (χ3v) is 4.95. The highest BCUT2D eigenvalue weighted by Gasteiger charge is 2.35. The van der Waals surface area contributed by atoms with Gasteiger partial charge in [0.05, 0.1) is 5.75 Å². The molecule has 0 aromatic carbocycles. The topological polar surface area (TPSA) is 20.3 Å². The summed E-state index contributed by atoms with van der Waals surface area (Å²) in [5.74, 6) is 0.897. The number of likely N-dealkylation sites (tertiary alicyclic amines) is 1. The first-order chi connectivity index (χ1) is 6.47. The molecule has 0 aliphatic carbocycles. The van der Waals surface area contributed by atoms with Crippen LogP contribution in [0.3, 0.4) is 0 Å². The van der Waals surface area contributed by atoms with E-state index in [-0.39, 0.29) is 11.3 Å². The molecule has 1 fully saturated rings. The molecule has 1 atom stereocenters. The molecule has 1 heterocycles. The van der Waals surface area contributed by atoms with Gasteiger partial charge in [0.25, 0.3) is 0 Å². The minimum Gasteiger partial charge on any atom is -0.341 e. The molecule has 0 N–H and O–H groups in total. The Balaban J connectivity index is 2.55. The number of piperidine rings is 1. The molecule has 2 nitrogen and oxygen atoms in total. The first-order valence-electron chi connectivity index (χ1n) is 4.88. The molecule has 1 unspecified atom stereocenters. The van der Waals surface area contributed by atoms with Gasteiger partial charge in [-0.25, -0.2) is 0 Å². The highest BCUT2D eigenvalue weighted by Crippen LogP contribution is 2.34. The first-order valence-corrected chi connectivity index (χ1v) is 7.19. The Bertz CT molecular complexity index is 220. The van der Waals surface area contributed by atoms with E-state index in [0.29, 0.717) is 10.6 Å². The molecule has 0 saturated carbocycles. The summed E-state index contributed by atoms with van der Waals surface area (Å²) < 4.78 is 0. The van der Waals surface area contributed by atoms with Crippen molar-refractivity contribution in [3.63, 3.8) is 0 Å². The number of halogens is 1. The van der Waals surface area contributed by atoms with E-state index in [1.165, 1.54) is 0 Å². The van der Waals surface area contributed by atoms with Crippen LogP contribution in [-0.2, 0) is 4.79 Å². The molecule has 1 aliphatic rings. The average molecular weight is 280 g/mol. The Morgan fingerprint density at radius 2 is 2.29 bits per heavy atom. The number of nitrogens with zero attached hydrogens (tertiary/aromatic N) is 1. The maximum atomic E-state index is 11.7. The van der Waals surface area contributed by atoms with Crippen LogP contribution < -0.4 is 0 Å². The van der Waals surface area contributed by atoms with Gasteiger partial charge >= 0.3 is 0 Å². The monoisotopic (exact) mass is 279 g/mol. The number of carbonyl (C=O) groups is 1. The summed E-state index contributed by atoms with van der Waals surface area (Å²) in [5, 5.41) is 0. The quantitative estimate of drug-likeness (QED) is 0.724. The van der Waals surface area contributed by atoms with Crippen LogP contribution in [0.4, 0.5) is 0 Å². The smallest absolute Gasteiger partial charge is 0.232 e. The third-order valence-electron chi connectivity index (χ3n) is 2.72. The van der Waals surface area contributed by atoms with Crippen LogP contribution in [0.1, 0.15) is 20.3 Å². The lowest BCUT2D eigenvalue weighted by molar-refractivity contribution is -0.131. The van der Waals surface area contributed by atoms with Crippen molar-refractivity contribution in [3.05, 3.63) is 0 Å². The second kappa shape index (κ2) is 4.88. The molecule has 1 saturated heterocycles. The van der Waals surface area contributed by atoms with Gasteiger partial charge in [-0.15, -0.1) is 0 Å². The lowest BCUT2D eigenvalue weighted by atomic mass is 9.84. The van der Waals surface area contributed by atoms with Crippen molar-refractivity contribution in [2.24, 2.45) is 5.41 Å². The van der Waals surface area contributed by atoms with Crippen LogP contribution in [0.15, 0.2) is 0 Å². The fourth-order valence-corrected chi connectivity index (χ4v) is 2.54. The Morgan fingerprint density at radius 1 is 1.64 bits per heavy atom. The molecule has 0 spiro atoms. The largest absolute Gasteiger partial charge is 0.341 e. The van der Waals surface area contributed by atoms with Crippen molar-refractivity contribution in [1.29, 1.82) is 0 Å². The van der Waals surface area contributed by atoms with Crippen LogP contribution in [0.2, 0.25) is 0 Å². The molecule has 0 aromatic rings. The number of thioether (sulfide) groups is 1. The molecule has 14 heavy (non-hydrogen) atoms. The molecular weight excluding hydrogens is 262 g/mol. The Kier molecular flexibility index (Phi) is 4.31.